The highest BCUT2D eigenvalue weighted by Crippen LogP contribution is 2.29. The van der Waals surface area contributed by atoms with Gasteiger partial charge in [-0.05, 0) is 30.5 Å². The second kappa shape index (κ2) is 4.81. The molecular formula is C16H14N2O2. The van der Waals surface area contributed by atoms with Gasteiger partial charge in [-0.2, -0.15) is 0 Å². The number of carboxylic acid groups (broad SMARTS) is 1. The number of rotatable bonds is 3. The molecule has 0 radical (unpaired) electrons. The van der Waals surface area contributed by atoms with E-state index in [0.29, 0.717) is 12.2 Å². The van der Waals surface area contributed by atoms with Crippen molar-refractivity contribution in [3.63, 3.8) is 0 Å². The summed E-state index contributed by atoms with van der Waals surface area (Å²) in [6.07, 6.45) is 3.58. The molecule has 0 atom stereocenters. The van der Waals surface area contributed by atoms with Crippen LogP contribution in [0.5, 0.6) is 0 Å². The fourth-order valence-corrected chi connectivity index (χ4v) is 2.57. The van der Waals surface area contributed by atoms with Gasteiger partial charge in [-0.25, -0.2) is 4.79 Å². The minimum absolute atomic E-state index is 0.309. The fourth-order valence-electron chi connectivity index (χ4n) is 2.57. The van der Waals surface area contributed by atoms with Gasteiger partial charge < -0.3 is 9.67 Å². The first-order valence-electron chi connectivity index (χ1n) is 6.48. The number of carbonyl (C=O) groups is 1. The normalized spacial score (nSPS) is 10.8. The molecule has 3 rings (SSSR count). The molecule has 0 unspecified atom stereocenters. The van der Waals surface area contributed by atoms with Crippen LogP contribution in [-0.4, -0.2) is 20.6 Å². The summed E-state index contributed by atoms with van der Waals surface area (Å²) in [6, 6.07) is 11.5. The number of pyridine rings is 1. The molecule has 1 N–H and O–H groups in total. The molecule has 0 amide bonds. The van der Waals surface area contributed by atoms with Gasteiger partial charge in [0.25, 0.3) is 0 Å². The zero-order valence-corrected chi connectivity index (χ0v) is 11.1. The molecule has 4 nitrogen and oxygen atoms in total. The second-order valence-electron chi connectivity index (χ2n) is 4.56. The maximum absolute atomic E-state index is 11.3. The van der Waals surface area contributed by atoms with E-state index < -0.39 is 5.97 Å². The Balaban J connectivity index is 2.29. The van der Waals surface area contributed by atoms with E-state index in [9.17, 15) is 9.90 Å². The van der Waals surface area contributed by atoms with Crippen molar-refractivity contribution in [3.8, 4) is 11.3 Å². The van der Waals surface area contributed by atoms with Gasteiger partial charge in [0.2, 0.25) is 0 Å². The Bertz CT molecular complexity index is 785. The highest BCUT2D eigenvalue weighted by molar-refractivity contribution is 5.96. The first kappa shape index (κ1) is 12.4. The molecule has 0 aliphatic rings. The third-order valence-corrected chi connectivity index (χ3v) is 3.48. The molecule has 100 valence electrons. The van der Waals surface area contributed by atoms with Gasteiger partial charge in [0, 0.05) is 35.6 Å². The summed E-state index contributed by atoms with van der Waals surface area (Å²) in [6.45, 7) is 2.56. The van der Waals surface area contributed by atoms with Crippen LogP contribution in [0.3, 0.4) is 0 Å². The maximum Gasteiger partial charge on any atom is 0.352 e. The maximum atomic E-state index is 11.3. The Morgan fingerprint density at radius 2 is 2.10 bits per heavy atom. The molecule has 20 heavy (non-hydrogen) atoms. The molecule has 0 bridgehead atoms. The monoisotopic (exact) mass is 266 g/mol. The molecule has 0 saturated heterocycles. The Morgan fingerprint density at radius 1 is 1.25 bits per heavy atom. The lowest BCUT2D eigenvalue weighted by molar-refractivity contribution is 0.0685. The van der Waals surface area contributed by atoms with Crippen molar-refractivity contribution in [2.24, 2.45) is 0 Å². The lowest BCUT2D eigenvalue weighted by Gasteiger charge is -2.11. The van der Waals surface area contributed by atoms with E-state index in [0.717, 1.165) is 22.0 Å². The van der Waals surface area contributed by atoms with E-state index >= 15 is 0 Å². The van der Waals surface area contributed by atoms with Crippen LogP contribution in [0, 0.1) is 0 Å². The van der Waals surface area contributed by atoms with E-state index in [1.807, 2.05) is 48.0 Å². The highest BCUT2D eigenvalue weighted by Gasteiger charge is 2.15. The number of nitrogens with zero attached hydrogens (tertiary/aromatic N) is 2. The average molecular weight is 266 g/mol. The summed E-state index contributed by atoms with van der Waals surface area (Å²) in [5.41, 5.74) is 2.22. The van der Waals surface area contributed by atoms with Crippen molar-refractivity contribution < 1.29 is 9.90 Å². The van der Waals surface area contributed by atoms with Gasteiger partial charge in [0.05, 0.1) is 0 Å². The van der Waals surface area contributed by atoms with E-state index in [1.54, 1.807) is 12.3 Å². The topological polar surface area (TPSA) is 55.1 Å². The minimum Gasteiger partial charge on any atom is -0.477 e. The van der Waals surface area contributed by atoms with Crippen molar-refractivity contribution in [1.82, 2.24) is 9.55 Å². The number of hydrogen-bond acceptors (Lipinski definition) is 2. The summed E-state index contributed by atoms with van der Waals surface area (Å²) in [5, 5.41) is 11.4. The van der Waals surface area contributed by atoms with Crippen molar-refractivity contribution in [2.75, 3.05) is 0 Å². The van der Waals surface area contributed by atoms with Gasteiger partial charge in [0.1, 0.15) is 5.69 Å². The first-order chi connectivity index (χ1) is 9.72. The predicted molar refractivity (Wildman–Crippen MR) is 77.8 cm³/mol. The third kappa shape index (κ3) is 1.86. The number of aromatic nitrogens is 2. The standard InChI is InChI=1S/C16H14N2O2/c1-2-18-14(6-7-15(18)16(19)20)12-5-3-4-11-8-9-17-10-13(11)12/h3-10H,2H2,1H3,(H,19,20). The summed E-state index contributed by atoms with van der Waals surface area (Å²) >= 11 is 0. The first-order valence-corrected chi connectivity index (χ1v) is 6.48. The third-order valence-electron chi connectivity index (χ3n) is 3.48. The molecular weight excluding hydrogens is 252 g/mol. The Labute approximate surface area is 116 Å². The zero-order chi connectivity index (χ0) is 14.1. The molecule has 0 spiro atoms. The number of benzene rings is 1. The molecule has 2 aromatic heterocycles. The van der Waals surface area contributed by atoms with Crippen LogP contribution < -0.4 is 0 Å². The number of aromatic carboxylic acids is 1. The van der Waals surface area contributed by atoms with E-state index in [4.69, 9.17) is 0 Å². The Morgan fingerprint density at radius 3 is 2.85 bits per heavy atom. The molecule has 1 aromatic carbocycles. The fraction of sp³-hybridized carbons (Fsp3) is 0.125. The SMILES string of the molecule is CCn1c(C(=O)O)ccc1-c1cccc2ccncc12. The van der Waals surface area contributed by atoms with Gasteiger partial charge in [0.15, 0.2) is 0 Å². The van der Waals surface area contributed by atoms with Gasteiger partial charge >= 0.3 is 5.97 Å². The molecule has 3 aromatic rings. The Hall–Kier alpha value is -2.62. The quantitative estimate of drug-likeness (QED) is 0.790. The Kier molecular flexibility index (Phi) is 2.99. The van der Waals surface area contributed by atoms with Gasteiger partial charge in [-0.1, -0.05) is 18.2 Å². The van der Waals surface area contributed by atoms with Gasteiger partial charge in [-0.3, -0.25) is 4.98 Å². The summed E-state index contributed by atoms with van der Waals surface area (Å²) in [4.78, 5) is 15.4. The molecule has 2 heterocycles. The molecule has 0 aliphatic carbocycles. The summed E-state index contributed by atoms with van der Waals surface area (Å²) < 4.78 is 1.81. The number of hydrogen-bond donors (Lipinski definition) is 1. The summed E-state index contributed by atoms with van der Waals surface area (Å²) in [5.74, 6) is -0.906. The minimum atomic E-state index is -0.906. The average Bonchev–Trinajstić information content (AvgIpc) is 2.90. The van der Waals surface area contributed by atoms with Crippen LogP contribution in [0.1, 0.15) is 17.4 Å². The van der Waals surface area contributed by atoms with Crippen LogP contribution in [-0.2, 0) is 6.54 Å². The zero-order valence-electron chi connectivity index (χ0n) is 11.1. The van der Waals surface area contributed by atoms with Gasteiger partial charge in [-0.15, -0.1) is 0 Å². The van der Waals surface area contributed by atoms with Crippen molar-refractivity contribution in [2.45, 2.75) is 13.5 Å². The van der Waals surface area contributed by atoms with Crippen LogP contribution in [0.15, 0.2) is 48.8 Å². The number of fused-ring (bicyclic) bond motifs is 1. The van der Waals surface area contributed by atoms with Crippen LogP contribution >= 0.6 is 0 Å². The molecule has 4 heteroatoms. The van der Waals surface area contributed by atoms with Crippen molar-refractivity contribution in [1.29, 1.82) is 0 Å². The van der Waals surface area contributed by atoms with E-state index in [1.165, 1.54) is 0 Å². The smallest absolute Gasteiger partial charge is 0.352 e. The number of carboxylic acids is 1. The predicted octanol–water partition coefficient (Wildman–Crippen LogP) is 3.42. The van der Waals surface area contributed by atoms with Crippen molar-refractivity contribution in [3.05, 3.63) is 54.5 Å². The van der Waals surface area contributed by atoms with Crippen molar-refractivity contribution >= 4 is 16.7 Å². The highest BCUT2D eigenvalue weighted by atomic mass is 16.4. The van der Waals surface area contributed by atoms with Crippen LogP contribution in [0.25, 0.3) is 22.0 Å². The molecule has 0 aliphatic heterocycles. The summed E-state index contributed by atoms with van der Waals surface area (Å²) in [7, 11) is 0. The van der Waals surface area contributed by atoms with Crippen LogP contribution in [0.4, 0.5) is 0 Å². The lowest BCUT2D eigenvalue weighted by atomic mass is 10.0. The van der Waals surface area contributed by atoms with E-state index in [-0.39, 0.29) is 0 Å². The second-order valence-corrected chi connectivity index (χ2v) is 4.56. The largest absolute Gasteiger partial charge is 0.477 e. The lowest BCUT2D eigenvalue weighted by Crippen LogP contribution is -2.08. The molecule has 0 saturated carbocycles. The van der Waals surface area contributed by atoms with Crippen LogP contribution in [0.2, 0.25) is 0 Å². The van der Waals surface area contributed by atoms with E-state index in [2.05, 4.69) is 4.98 Å². The molecule has 0 fully saturated rings.